The van der Waals surface area contributed by atoms with Crippen molar-refractivity contribution in [1.29, 1.82) is 0 Å². The second kappa shape index (κ2) is 6.56. The molecule has 2 aromatic carbocycles. The molecule has 0 saturated carbocycles. The van der Waals surface area contributed by atoms with Crippen molar-refractivity contribution in [3.05, 3.63) is 53.6 Å². The Bertz CT molecular complexity index is 624. The Morgan fingerprint density at radius 3 is 2.00 bits per heavy atom. The normalized spacial score (nSPS) is 9.81. The first kappa shape index (κ1) is 14.6. The van der Waals surface area contributed by atoms with Crippen LogP contribution in [0.2, 0.25) is 0 Å². The number of hydrogen-bond acceptors (Lipinski definition) is 5. The lowest BCUT2D eigenvalue weighted by Crippen LogP contribution is -2.11. The molecule has 5 nitrogen and oxygen atoms in total. The summed E-state index contributed by atoms with van der Waals surface area (Å²) < 4.78 is 15.6. The van der Waals surface area contributed by atoms with Crippen LogP contribution in [0.5, 0.6) is 17.2 Å². The predicted molar refractivity (Wildman–Crippen MR) is 76.3 cm³/mol. The predicted octanol–water partition coefficient (Wildman–Crippen LogP) is 2.74. The van der Waals surface area contributed by atoms with Crippen LogP contribution < -0.4 is 14.2 Å². The SMILES string of the molecule is COc1cccc(OC)c1C(=O)Oc1ccc(C=O)cc1. The van der Waals surface area contributed by atoms with E-state index in [0.717, 1.165) is 6.29 Å². The lowest BCUT2D eigenvalue weighted by Gasteiger charge is -2.12. The maximum atomic E-state index is 12.3. The molecule has 0 aliphatic carbocycles. The van der Waals surface area contributed by atoms with Crippen LogP contribution in [0.1, 0.15) is 20.7 Å². The number of methoxy groups -OCH3 is 2. The lowest BCUT2D eigenvalue weighted by molar-refractivity contribution is 0.0727. The average Bonchev–Trinajstić information content (AvgIpc) is 2.54. The highest BCUT2D eigenvalue weighted by atomic mass is 16.5. The van der Waals surface area contributed by atoms with Gasteiger partial charge in [-0.2, -0.15) is 0 Å². The van der Waals surface area contributed by atoms with Crippen molar-refractivity contribution in [2.45, 2.75) is 0 Å². The number of hydrogen-bond donors (Lipinski definition) is 0. The van der Waals surface area contributed by atoms with Crippen LogP contribution in [-0.4, -0.2) is 26.5 Å². The maximum absolute atomic E-state index is 12.3. The van der Waals surface area contributed by atoms with E-state index in [2.05, 4.69) is 0 Å². The highest BCUT2D eigenvalue weighted by molar-refractivity contribution is 5.97. The molecule has 0 atom stereocenters. The molecule has 0 fully saturated rings. The molecule has 5 heteroatoms. The van der Waals surface area contributed by atoms with Gasteiger partial charge in [0, 0.05) is 5.56 Å². The Morgan fingerprint density at radius 1 is 0.952 bits per heavy atom. The molecule has 0 amide bonds. The van der Waals surface area contributed by atoms with Gasteiger partial charge < -0.3 is 14.2 Å². The number of rotatable bonds is 5. The van der Waals surface area contributed by atoms with Crippen LogP contribution in [0, 0.1) is 0 Å². The number of aldehydes is 1. The van der Waals surface area contributed by atoms with Gasteiger partial charge in [-0.25, -0.2) is 4.79 Å². The van der Waals surface area contributed by atoms with Crippen LogP contribution in [0.15, 0.2) is 42.5 Å². The van der Waals surface area contributed by atoms with Crippen LogP contribution in [0.3, 0.4) is 0 Å². The molecule has 0 spiro atoms. The summed E-state index contributed by atoms with van der Waals surface area (Å²) in [4.78, 5) is 22.9. The van der Waals surface area contributed by atoms with Crippen LogP contribution in [0.4, 0.5) is 0 Å². The zero-order chi connectivity index (χ0) is 15.2. The summed E-state index contributed by atoms with van der Waals surface area (Å²) in [6.45, 7) is 0. The fraction of sp³-hybridized carbons (Fsp3) is 0.125. The van der Waals surface area contributed by atoms with Crippen LogP contribution in [0.25, 0.3) is 0 Å². The van der Waals surface area contributed by atoms with E-state index < -0.39 is 5.97 Å². The number of carbonyl (C=O) groups excluding carboxylic acids is 2. The smallest absolute Gasteiger partial charge is 0.351 e. The second-order valence-electron chi connectivity index (χ2n) is 4.11. The van der Waals surface area contributed by atoms with E-state index >= 15 is 0 Å². The first-order valence-corrected chi connectivity index (χ1v) is 6.18. The minimum atomic E-state index is -0.594. The number of ether oxygens (including phenoxy) is 3. The summed E-state index contributed by atoms with van der Waals surface area (Å²) in [5.74, 6) is 0.467. The Balaban J connectivity index is 2.29. The Kier molecular flexibility index (Phi) is 4.56. The van der Waals surface area contributed by atoms with Gasteiger partial charge in [-0.15, -0.1) is 0 Å². The van der Waals surface area contributed by atoms with Crippen molar-refractivity contribution in [2.75, 3.05) is 14.2 Å². The molecule has 0 unspecified atom stereocenters. The number of carbonyl (C=O) groups is 2. The van der Waals surface area contributed by atoms with Crippen molar-refractivity contribution >= 4 is 12.3 Å². The molecule has 0 N–H and O–H groups in total. The Morgan fingerprint density at radius 2 is 1.52 bits per heavy atom. The molecule has 2 aromatic rings. The third-order valence-electron chi connectivity index (χ3n) is 2.86. The molecule has 108 valence electrons. The van der Waals surface area contributed by atoms with Crippen molar-refractivity contribution in [1.82, 2.24) is 0 Å². The molecule has 0 radical (unpaired) electrons. The lowest BCUT2D eigenvalue weighted by atomic mass is 10.1. The molecule has 0 aromatic heterocycles. The van der Waals surface area contributed by atoms with Gasteiger partial charge in [0.25, 0.3) is 0 Å². The molecule has 0 aliphatic rings. The minimum absolute atomic E-state index is 0.210. The van der Waals surface area contributed by atoms with Gasteiger partial charge in [0.05, 0.1) is 14.2 Å². The summed E-state index contributed by atoms with van der Waals surface area (Å²) >= 11 is 0. The molecular weight excluding hydrogens is 272 g/mol. The summed E-state index contributed by atoms with van der Waals surface area (Å²) in [7, 11) is 2.93. The largest absolute Gasteiger partial charge is 0.496 e. The Hall–Kier alpha value is -2.82. The minimum Gasteiger partial charge on any atom is -0.496 e. The van der Waals surface area contributed by atoms with Crippen molar-refractivity contribution in [2.24, 2.45) is 0 Å². The average molecular weight is 286 g/mol. The van der Waals surface area contributed by atoms with E-state index in [9.17, 15) is 9.59 Å². The topological polar surface area (TPSA) is 61.8 Å². The summed E-state index contributed by atoms with van der Waals surface area (Å²) in [5, 5.41) is 0. The van der Waals surface area contributed by atoms with Crippen molar-refractivity contribution in [3.8, 4) is 17.2 Å². The number of esters is 1. The van der Waals surface area contributed by atoms with Gasteiger partial charge in [-0.3, -0.25) is 4.79 Å². The Labute approximate surface area is 122 Å². The van der Waals surface area contributed by atoms with Crippen LogP contribution in [-0.2, 0) is 0 Å². The summed E-state index contributed by atoms with van der Waals surface area (Å²) in [6, 6.07) is 11.2. The zero-order valence-corrected chi connectivity index (χ0v) is 11.7. The fourth-order valence-electron chi connectivity index (χ4n) is 1.82. The van der Waals surface area contributed by atoms with Crippen molar-refractivity contribution < 1.29 is 23.8 Å². The highest BCUT2D eigenvalue weighted by Crippen LogP contribution is 2.29. The quantitative estimate of drug-likeness (QED) is 0.480. The molecule has 0 aliphatic heterocycles. The fourth-order valence-corrected chi connectivity index (χ4v) is 1.82. The molecule has 0 heterocycles. The van der Waals surface area contributed by atoms with Crippen LogP contribution >= 0.6 is 0 Å². The van der Waals surface area contributed by atoms with E-state index in [1.165, 1.54) is 14.2 Å². The molecule has 0 bridgehead atoms. The van der Waals surface area contributed by atoms with Gasteiger partial charge in [0.1, 0.15) is 29.1 Å². The summed E-state index contributed by atoms with van der Waals surface area (Å²) in [5.41, 5.74) is 0.714. The van der Waals surface area contributed by atoms with E-state index in [1.54, 1.807) is 42.5 Å². The standard InChI is InChI=1S/C16H14O5/c1-19-13-4-3-5-14(20-2)15(13)16(18)21-12-8-6-11(10-17)7-9-12/h3-10H,1-2H3. The summed E-state index contributed by atoms with van der Waals surface area (Å²) in [6.07, 6.45) is 0.717. The second-order valence-corrected chi connectivity index (χ2v) is 4.11. The molecular formula is C16H14O5. The molecule has 21 heavy (non-hydrogen) atoms. The maximum Gasteiger partial charge on any atom is 0.351 e. The van der Waals surface area contributed by atoms with Gasteiger partial charge in [-0.1, -0.05) is 6.07 Å². The van der Waals surface area contributed by atoms with Gasteiger partial charge >= 0.3 is 5.97 Å². The van der Waals surface area contributed by atoms with E-state index in [-0.39, 0.29) is 5.56 Å². The molecule has 2 rings (SSSR count). The van der Waals surface area contributed by atoms with E-state index in [1.807, 2.05) is 0 Å². The molecule has 0 saturated heterocycles. The highest BCUT2D eigenvalue weighted by Gasteiger charge is 2.20. The van der Waals surface area contributed by atoms with Gasteiger partial charge in [0.2, 0.25) is 0 Å². The third kappa shape index (κ3) is 3.20. The first-order valence-electron chi connectivity index (χ1n) is 6.18. The van der Waals surface area contributed by atoms with E-state index in [4.69, 9.17) is 14.2 Å². The monoisotopic (exact) mass is 286 g/mol. The van der Waals surface area contributed by atoms with Gasteiger partial charge in [0.15, 0.2) is 0 Å². The zero-order valence-electron chi connectivity index (χ0n) is 11.7. The van der Waals surface area contributed by atoms with Crippen molar-refractivity contribution in [3.63, 3.8) is 0 Å². The number of benzene rings is 2. The van der Waals surface area contributed by atoms with E-state index in [0.29, 0.717) is 22.8 Å². The third-order valence-corrected chi connectivity index (χ3v) is 2.86. The first-order chi connectivity index (χ1) is 10.2. The van der Waals surface area contributed by atoms with Gasteiger partial charge in [-0.05, 0) is 36.4 Å².